The molecule has 2 aromatic rings. The van der Waals surface area contributed by atoms with Crippen LogP contribution < -0.4 is 4.90 Å². The summed E-state index contributed by atoms with van der Waals surface area (Å²) in [7, 11) is 0. The van der Waals surface area contributed by atoms with Gasteiger partial charge in [0.2, 0.25) is 0 Å². The summed E-state index contributed by atoms with van der Waals surface area (Å²) in [6.07, 6.45) is 6.91. The molecule has 0 saturated carbocycles. The molecule has 2 aliphatic rings. The van der Waals surface area contributed by atoms with Crippen molar-refractivity contribution in [2.75, 3.05) is 24.5 Å². The van der Waals surface area contributed by atoms with Crippen molar-refractivity contribution in [3.05, 3.63) is 35.7 Å². The number of pyridine rings is 1. The molecule has 0 radical (unpaired) electrons. The summed E-state index contributed by atoms with van der Waals surface area (Å²) in [5.41, 5.74) is 3.77. The number of fused-ring (bicyclic) bond motifs is 1. The third-order valence-corrected chi connectivity index (χ3v) is 4.29. The first-order valence-electron chi connectivity index (χ1n) is 7.48. The van der Waals surface area contributed by atoms with E-state index in [0.29, 0.717) is 0 Å². The number of aromatic nitrogens is 2. The van der Waals surface area contributed by atoms with Crippen LogP contribution in [0.1, 0.15) is 24.1 Å². The smallest absolute Gasteiger partial charge is 0.129 e. The predicted molar refractivity (Wildman–Crippen MR) is 82.5 cm³/mol. The van der Waals surface area contributed by atoms with E-state index >= 15 is 0 Å². The molecule has 1 N–H and O–H groups in total. The largest absolute Gasteiger partial charge is 0.428 e. The molecule has 2 aliphatic heterocycles. The summed E-state index contributed by atoms with van der Waals surface area (Å²) in [5.74, 6) is 0.998. The van der Waals surface area contributed by atoms with E-state index in [-0.39, 0.29) is 0 Å². The second-order valence-corrected chi connectivity index (χ2v) is 5.63. The summed E-state index contributed by atoms with van der Waals surface area (Å²) in [6, 6.07) is 6.02. The molecule has 4 rings (SSSR count). The molecule has 0 aliphatic carbocycles. The lowest BCUT2D eigenvalue weighted by atomic mass is 10.1. The molecule has 0 amide bonds. The lowest BCUT2D eigenvalue weighted by Gasteiger charge is -2.17. The van der Waals surface area contributed by atoms with Gasteiger partial charge in [0.05, 0.1) is 11.4 Å². The predicted octanol–water partition coefficient (Wildman–Crippen LogP) is 2.36. The third kappa shape index (κ3) is 2.09. The van der Waals surface area contributed by atoms with Gasteiger partial charge in [0.25, 0.3) is 0 Å². The number of hydrogen-bond acceptors (Lipinski definition) is 4. The van der Waals surface area contributed by atoms with E-state index in [9.17, 15) is 5.21 Å². The van der Waals surface area contributed by atoms with Crippen molar-refractivity contribution in [1.82, 2.24) is 9.71 Å². The van der Waals surface area contributed by atoms with Crippen LogP contribution in [0.4, 0.5) is 5.82 Å². The Morgan fingerprint density at radius 3 is 2.81 bits per heavy atom. The van der Waals surface area contributed by atoms with Gasteiger partial charge in [-0.2, -0.15) is 4.73 Å². The highest BCUT2D eigenvalue weighted by Gasteiger charge is 2.19. The molecule has 1 fully saturated rings. The summed E-state index contributed by atoms with van der Waals surface area (Å²) >= 11 is 0. The fraction of sp³-hybridized carbons (Fsp3) is 0.375. The van der Waals surface area contributed by atoms with Gasteiger partial charge in [0.15, 0.2) is 0 Å². The molecule has 5 nitrogen and oxygen atoms in total. The van der Waals surface area contributed by atoms with E-state index in [1.54, 1.807) is 0 Å². The zero-order valence-corrected chi connectivity index (χ0v) is 11.9. The first-order chi connectivity index (χ1) is 10.3. The summed E-state index contributed by atoms with van der Waals surface area (Å²) in [4.78, 5) is 11.0. The van der Waals surface area contributed by atoms with Crippen molar-refractivity contribution in [2.24, 2.45) is 4.99 Å². The van der Waals surface area contributed by atoms with Gasteiger partial charge in [-0.1, -0.05) is 0 Å². The maximum absolute atomic E-state index is 10.4. The molecule has 4 heterocycles. The van der Waals surface area contributed by atoms with E-state index in [0.717, 1.165) is 54.4 Å². The molecule has 2 aromatic heterocycles. The number of rotatable bonds is 2. The average molecular weight is 282 g/mol. The Kier molecular flexibility index (Phi) is 2.91. The van der Waals surface area contributed by atoms with Crippen molar-refractivity contribution in [1.29, 1.82) is 0 Å². The van der Waals surface area contributed by atoms with Crippen molar-refractivity contribution in [3.8, 4) is 11.3 Å². The Balaban J connectivity index is 1.75. The van der Waals surface area contributed by atoms with Crippen LogP contribution in [-0.2, 0) is 6.42 Å². The van der Waals surface area contributed by atoms with Crippen LogP contribution in [0.3, 0.4) is 0 Å². The van der Waals surface area contributed by atoms with Crippen molar-refractivity contribution in [3.63, 3.8) is 0 Å². The van der Waals surface area contributed by atoms with Crippen LogP contribution in [0.15, 0.2) is 29.4 Å². The van der Waals surface area contributed by atoms with Gasteiger partial charge in [0, 0.05) is 49.6 Å². The zero-order chi connectivity index (χ0) is 14.2. The van der Waals surface area contributed by atoms with Gasteiger partial charge in [-0.25, -0.2) is 4.98 Å². The molecular formula is C16H18N4O. The van der Waals surface area contributed by atoms with Crippen LogP contribution in [0.5, 0.6) is 0 Å². The maximum atomic E-state index is 10.4. The average Bonchev–Trinajstić information content (AvgIpc) is 3.16. The maximum Gasteiger partial charge on any atom is 0.129 e. The van der Waals surface area contributed by atoms with Crippen LogP contribution in [0, 0.1) is 0 Å². The monoisotopic (exact) mass is 282 g/mol. The first kappa shape index (κ1) is 12.4. The van der Waals surface area contributed by atoms with Crippen molar-refractivity contribution >= 4 is 12.0 Å². The standard InChI is InChI=1S/C16H18N4O/c21-20-14-4-5-17-11-13(14)9-15(20)12-3-6-18-16(10-12)19-7-1-2-8-19/h3,6,9-11,21H,1-2,4-5,7-8H2. The highest BCUT2D eigenvalue weighted by Crippen LogP contribution is 2.28. The molecule has 0 aromatic carbocycles. The zero-order valence-electron chi connectivity index (χ0n) is 11.9. The van der Waals surface area contributed by atoms with Crippen LogP contribution in [0.2, 0.25) is 0 Å². The molecule has 5 heteroatoms. The van der Waals surface area contributed by atoms with Gasteiger partial charge < -0.3 is 10.1 Å². The molecule has 0 unspecified atom stereocenters. The summed E-state index contributed by atoms with van der Waals surface area (Å²) < 4.78 is 1.31. The third-order valence-electron chi connectivity index (χ3n) is 4.29. The van der Waals surface area contributed by atoms with E-state index in [1.165, 1.54) is 17.6 Å². The van der Waals surface area contributed by atoms with Gasteiger partial charge in [0.1, 0.15) is 5.82 Å². The minimum Gasteiger partial charge on any atom is -0.428 e. The van der Waals surface area contributed by atoms with Crippen LogP contribution in [-0.4, -0.2) is 40.8 Å². The Morgan fingerprint density at radius 1 is 1.14 bits per heavy atom. The van der Waals surface area contributed by atoms with Gasteiger partial charge >= 0.3 is 0 Å². The molecule has 1 saturated heterocycles. The molecule has 0 spiro atoms. The van der Waals surface area contributed by atoms with E-state index in [1.807, 2.05) is 24.5 Å². The lowest BCUT2D eigenvalue weighted by molar-refractivity contribution is 0.182. The Hall–Kier alpha value is -2.30. The fourth-order valence-corrected chi connectivity index (χ4v) is 3.16. The fourth-order valence-electron chi connectivity index (χ4n) is 3.16. The first-order valence-corrected chi connectivity index (χ1v) is 7.48. The minimum atomic E-state index is 0.742. The molecule has 108 valence electrons. The minimum absolute atomic E-state index is 0.742. The van der Waals surface area contributed by atoms with Gasteiger partial charge in [-0.05, 0) is 31.0 Å². The Labute approximate surface area is 123 Å². The van der Waals surface area contributed by atoms with E-state index < -0.39 is 0 Å². The summed E-state index contributed by atoms with van der Waals surface area (Å²) in [5, 5.41) is 10.4. The number of hydrogen-bond donors (Lipinski definition) is 1. The highest BCUT2D eigenvalue weighted by atomic mass is 16.5. The lowest BCUT2D eigenvalue weighted by Crippen LogP contribution is -2.18. The number of nitrogens with zero attached hydrogens (tertiary/aromatic N) is 4. The van der Waals surface area contributed by atoms with Crippen LogP contribution >= 0.6 is 0 Å². The SMILES string of the molecule is On1c(-c2ccnc(N3CCCC3)c2)cc2c1CCN=C2. The van der Waals surface area contributed by atoms with Gasteiger partial charge in [-0.15, -0.1) is 0 Å². The normalized spacial score (nSPS) is 17.2. The molecule has 21 heavy (non-hydrogen) atoms. The second kappa shape index (κ2) is 4.91. The van der Waals surface area contributed by atoms with Crippen LogP contribution in [0.25, 0.3) is 11.3 Å². The highest BCUT2D eigenvalue weighted by molar-refractivity contribution is 5.85. The van der Waals surface area contributed by atoms with E-state index in [4.69, 9.17) is 0 Å². The molecule has 0 bridgehead atoms. The molecular weight excluding hydrogens is 264 g/mol. The Bertz CT molecular complexity index is 698. The number of anilines is 1. The summed E-state index contributed by atoms with van der Waals surface area (Å²) in [6.45, 7) is 2.88. The topological polar surface area (TPSA) is 53.6 Å². The Morgan fingerprint density at radius 2 is 2.00 bits per heavy atom. The van der Waals surface area contributed by atoms with Crippen molar-refractivity contribution in [2.45, 2.75) is 19.3 Å². The molecule has 0 atom stereocenters. The van der Waals surface area contributed by atoms with E-state index in [2.05, 4.69) is 20.9 Å². The quantitative estimate of drug-likeness (QED) is 0.860. The second-order valence-electron chi connectivity index (χ2n) is 5.63. The number of aliphatic imine (C=N–C) groups is 1. The van der Waals surface area contributed by atoms with Gasteiger partial charge in [-0.3, -0.25) is 4.99 Å². The van der Waals surface area contributed by atoms with Crippen molar-refractivity contribution < 1.29 is 5.21 Å².